The van der Waals surface area contributed by atoms with Crippen LogP contribution in [0.1, 0.15) is 10.4 Å². The van der Waals surface area contributed by atoms with E-state index in [1.807, 2.05) is 12.1 Å². The van der Waals surface area contributed by atoms with Gasteiger partial charge in [-0.25, -0.2) is 0 Å². The van der Waals surface area contributed by atoms with E-state index in [2.05, 4.69) is 27.3 Å². The van der Waals surface area contributed by atoms with Gasteiger partial charge in [0.15, 0.2) is 0 Å². The quantitative estimate of drug-likeness (QED) is 0.881. The molecule has 0 bridgehead atoms. The average molecular weight is 333 g/mol. The number of hydrogen-bond acceptors (Lipinski definition) is 3. The Kier molecular flexibility index (Phi) is 4.45. The SMILES string of the molecule is Oc1ccc(CNCc2ccc(Br)s2)cc1Cl. The maximum absolute atomic E-state index is 9.29. The molecule has 90 valence electrons. The summed E-state index contributed by atoms with van der Waals surface area (Å²) in [5, 5.41) is 13.0. The lowest BCUT2D eigenvalue weighted by molar-refractivity contribution is 0.475. The van der Waals surface area contributed by atoms with Crippen LogP contribution in [-0.2, 0) is 13.1 Å². The van der Waals surface area contributed by atoms with Gasteiger partial charge in [0, 0.05) is 18.0 Å². The van der Waals surface area contributed by atoms with Crippen LogP contribution in [0.2, 0.25) is 5.02 Å². The fourth-order valence-electron chi connectivity index (χ4n) is 1.44. The van der Waals surface area contributed by atoms with Crippen LogP contribution >= 0.6 is 38.9 Å². The fourth-order valence-corrected chi connectivity index (χ4v) is 3.09. The van der Waals surface area contributed by atoms with E-state index < -0.39 is 0 Å². The van der Waals surface area contributed by atoms with Crippen LogP contribution in [0.4, 0.5) is 0 Å². The lowest BCUT2D eigenvalue weighted by Gasteiger charge is -2.04. The number of thiophene rings is 1. The van der Waals surface area contributed by atoms with Crippen molar-refractivity contribution >= 4 is 38.9 Å². The number of phenolic OH excluding ortho intramolecular Hbond substituents is 1. The van der Waals surface area contributed by atoms with Gasteiger partial charge in [-0.1, -0.05) is 17.7 Å². The van der Waals surface area contributed by atoms with Crippen molar-refractivity contribution in [2.45, 2.75) is 13.1 Å². The summed E-state index contributed by atoms with van der Waals surface area (Å²) in [6.07, 6.45) is 0. The first-order valence-corrected chi connectivity index (χ1v) is 7.06. The molecule has 1 heterocycles. The Bertz CT molecular complexity index is 515. The molecule has 0 atom stereocenters. The second-order valence-electron chi connectivity index (χ2n) is 3.60. The van der Waals surface area contributed by atoms with Crippen LogP contribution in [0, 0.1) is 0 Å². The van der Waals surface area contributed by atoms with Crippen molar-refractivity contribution in [3.05, 3.63) is 49.6 Å². The maximum atomic E-state index is 9.29. The van der Waals surface area contributed by atoms with Gasteiger partial charge in [-0.15, -0.1) is 11.3 Å². The monoisotopic (exact) mass is 331 g/mol. The molecule has 0 aliphatic carbocycles. The standard InChI is InChI=1S/C12H11BrClNOS/c13-12-4-2-9(17-12)7-15-6-8-1-3-11(16)10(14)5-8/h1-5,15-16H,6-7H2. The molecule has 0 spiro atoms. The maximum Gasteiger partial charge on any atom is 0.134 e. The Morgan fingerprint density at radius 1 is 1.24 bits per heavy atom. The van der Waals surface area contributed by atoms with Crippen LogP contribution in [0.15, 0.2) is 34.1 Å². The van der Waals surface area contributed by atoms with Crippen molar-refractivity contribution in [1.82, 2.24) is 5.32 Å². The molecule has 0 unspecified atom stereocenters. The van der Waals surface area contributed by atoms with Gasteiger partial charge in [-0.3, -0.25) is 0 Å². The van der Waals surface area contributed by atoms with E-state index >= 15 is 0 Å². The van der Waals surface area contributed by atoms with Crippen molar-refractivity contribution in [1.29, 1.82) is 0 Å². The number of benzene rings is 1. The van der Waals surface area contributed by atoms with Crippen molar-refractivity contribution in [2.75, 3.05) is 0 Å². The summed E-state index contributed by atoms with van der Waals surface area (Å²) < 4.78 is 1.14. The number of rotatable bonds is 4. The molecule has 5 heteroatoms. The van der Waals surface area contributed by atoms with Gasteiger partial charge in [0.25, 0.3) is 0 Å². The van der Waals surface area contributed by atoms with Gasteiger partial charge in [-0.2, -0.15) is 0 Å². The highest BCUT2D eigenvalue weighted by atomic mass is 79.9. The molecule has 0 fully saturated rings. The van der Waals surface area contributed by atoms with Gasteiger partial charge >= 0.3 is 0 Å². The third kappa shape index (κ3) is 3.71. The third-order valence-electron chi connectivity index (χ3n) is 2.27. The van der Waals surface area contributed by atoms with Gasteiger partial charge in [0.05, 0.1) is 8.81 Å². The Morgan fingerprint density at radius 3 is 2.71 bits per heavy atom. The van der Waals surface area contributed by atoms with Crippen LogP contribution in [0.3, 0.4) is 0 Å². The molecule has 0 radical (unpaired) electrons. The summed E-state index contributed by atoms with van der Waals surface area (Å²) in [4.78, 5) is 1.28. The molecule has 17 heavy (non-hydrogen) atoms. The summed E-state index contributed by atoms with van der Waals surface area (Å²) in [5.41, 5.74) is 1.06. The normalized spacial score (nSPS) is 10.7. The van der Waals surface area contributed by atoms with Gasteiger partial charge in [0.1, 0.15) is 5.75 Å². The van der Waals surface area contributed by atoms with Crippen molar-refractivity contribution in [3.8, 4) is 5.75 Å². The first kappa shape index (κ1) is 12.9. The van der Waals surface area contributed by atoms with Gasteiger partial charge in [0.2, 0.25) is 0 Å². The second kappa shape index (κ2) is 5.87. The second-order valence-corrected chi connectivity index (χ2v) is 6.55. The number of aromatic hydroxyl groups is 1. The largest absolute Gasteiger partial charge is 0.506 e. The number of phenols is 1. The molecule has 0 aliphatic heterocycles. The first-order valence-electron chi connectivity index (χ1n) is 5.07. The van der Waals surface area contributed by atoms with Gasteiger partial charge < -0.3 is 10.4 Å². The van der Waals surface area contributed by atoms with E-state index in [9.17, 15) is 5.11 Å². The number of hydrogen-bond donors (Lipinski definition) is 2. The third-order valence-corrected chi connectivity index (χ3v) is 4.20. The highest BCUT2D eigenvalue weighted by Gasteiger charge is 2.01. The minimum atomic E-state index is 0.123. The highest BCUT2D eigenvalue weighted by molar-refractivity contribution is 9.11. The van der Waals surface area contributed by atoms with Crippen LogP contribution in [-0.4, -0.2) is 5.11 Å². The highest BCUT2D eigenvalue weighted by Crippen LogP contribution is 2.24. The van der Waals surface area contributed by atoms with E-state index in [0.29, 0.717) is 5.02 Å². The van der Waals surface area contributed by atoms with Crippen LogP contribution in [0.25, 0.3) is 0 Å². The summed E-state index contributed by atoms with van der Waals surface area (Å²) in [5.74, 6) is 0.123. The molecular weight excluding hydrogens is 322 g/mol. The minimum absolute atomic E-state index is 0.123. The first-order chi connectivity index (χ1) is 8.15. The summed E-state index contributed by atoms with van der Waals surface area (Å²) in [7, 11) is 0. The molecule has 2 nitrogen and oxygen atoms in total. The lowest BCUT2D eigenvalue weighted by atomic mass is 10.2. The van der Waals surface area contributed by atoms with Crippen molar-refractivity contribution < 1.29 is 5.11 Å². The van der Waals surface area contributed by atoms with E-state index in [-0.39, 0.29) is 5.75 Å². The molecule has 1 aromatic heterocycles. The smallest absolute Gasteiger partial charge is 0.134 e. The molecule has 0 amide bonds. The summed E-state index contributed by atoms with van der Waals surface area (Å²) in [6, 6.07) is 9.37. The minimum Gasteiger partial charge on any atom is -0.506 e. The predicted octanol–water partition coefficient (Wildman–Crippen LogP) is 4.16. The number of halogens is 2. The van der Waals surface area contributed by atoms with Crippen molar-refractivity contribution in [3.63, 3.8) is 0 Å². The van der Waals surface area contributed by atoms with Crippen LogP contribution in [0.5, 0.6) is 5.75 Å². The zero-order valence-electron chi connectivity index (χ0n) is 8.91. The zero-order chi connectivity index (χ0) is 12.3. The summed E-state index contributed by atoms with van der Waals surface area (Å²) >= 11 is 11.0. The molecule has 2 N–H and O–H groups in total. The predicted molar refractivity (Wildman–Crippen MR) is 75.7 cm³/mol. The Labute approximate surface area is 117 Å². The Hall–Kier alpha value is -0.550. The lowest BCUT2D eigenvalue weighted by Crippen LogP contribution is -2.11. The average Bonchev–Trinajstić information content (AvgIpc) is 2.70. The topological polar surface area (TPSA) is 32.3 Å². The fraction of sp³-hybridized carbons (Fsp3) is 0.167. The molecule has 2 rings (SSSR count). The van der Waals surface area contributed by atoms with E-state index in [0.717, 1.165) is 22.4 Å². The molecular formula is C12H11BrClNOS. The molecule has 0 saturated carbocycles. The Morgan fingerprint density at radius 2 is 2.06 bits per heavy atom. The van der Waals surface area contributed by atoms with Crippen molar-refractivity contribution in [2.24, 2.45) is 0 Å². The molecule has 0 saturated heterocycles. The zero-order valence-corrected chi connectivity index (χ0v) is 12.1. The molecule has 1 aromatic carbocycles. The Balaban J connectivity index is 1.87. The summed E-state index contributed by atoms with van der Waals surface area (Å²) in [6.45, 7) is 1.56. The number of nitrogens with one attached hydrogen (secondary N) is 1. The van der Waals surface area contributed by atoms with E-state index in [4.69, 9.17) is 11.6 Å². The molecule has 0 aliphatic rings. The van der Waals surface area contributed by atoms with E-state index in [1.54, 1.807) is 23.5 Å². The van der Waals surface area contributed by atoms with Crippen LogP contribution < -0.4 is 5.32 Å². The molecule has 2 aromatic rings. The van der Waals surface area contributed by atoms with E-state index in [1.165, 1.54) is 4.88 Å². The van der Waals surface area contributed by atoms with Gasteiger partial charge in [-0.05, 0) is 45.8 Å².